The number of nitrogens with one attached hydrogen (secondary N) is 1. The van der Waals surface area contributed by atoms with E-state index in [0.29, 0.717) is 23.1 Å². The van der Waals surface area contributed by atoms with E-state index in [2.05, 4.69) is 10.2 Å². The number of benzene rings is 1. The summed E-state index contributed by atoms with van der Waals surface area (Å²) in [6.07, 6.45) is 0.544. The third kappa shape index (κ3) is 3.49. The van der Waals surface area contributed by atoms with Crippen molar-refractivity contribution in [2.24, 2.45) is 0 Å². The summed E-state index contributed by atoms with van der Waals surface area (Å²) in [5.41, 5.74) is 1.96. The Balaban J connectivity index is 2.13. The van der Waals surface area contributed by atoms with Gasteiger partial charge in [0.2, 0.25) is 0 Å². The quantitative estimate of drug-likeness (QED) is 0.879. The molecule has 1 aromatic carbocycles. The molecule has 2 aromatic rings. The lowest BCUT2D eigenvalue weighted by Gasteiger charge is -2.02. The van der Waals surface area contributed by atoms with Gasteiger partial charge in [-0.3, -0.25) is 5.10 Å². The monoisotopic (exact) mass is 298 g/mol. The van der Waals surface area contributed by atoms with Crippen LogP contribution in [0.5, 0.6) is 0 Å². The van der Waals surface area contributed by atoms with Crippen LogP contribution in [-0.2, 0) is 11.2 Å². The maximum absolute atomic E-state index is 11.5. The van der Waals surface area contributed by atoms with E-state index in [1.165, 1.54) is 0 Å². The molecule has 0 amide bonds. The molecular formula is C13H12Cl2N2O2. The zero-order chi connectivity index (χ0) is 13.8. The first-order chi connectivity index (χ1) is 9.10. The van der Waals surface area contributed by atoms with Crippen molar-refractivity contribution in [1.29, 1.82) is 0 Å². The number of hydrogen-bond donors (Lipinski definition) is 1. The second-order valence-corrected chi connectivity index (χ2v) is 4.76. The minimum absolute atomic E-state index is 0.266. The third-order valence-electron chi connectivity index (χ3n) is 2.51. The number of hydrogen-bond acceptors (Lipinski definition) is 3. The number of ether oxygens (including phenoxy) is 1. The average Bonchev–Trinajstić information content (AvgIpc) is 2.82. The number of aromatic amines is 1. The summed E-state index contributed by atoms with van der Waals surface area (Å²) in [5.74, 6) is -0.438. The van der Waals surface area contributed by atoms with Crippen LogP contribution in [0.4, 0.5) is 0 Å². The Morgan fingerprint density at radius 1 is 1.37 bits per heavy atom. The summed E-state index contributed by atoms with van der Waals surface area (Å²) in [5, 5.41) is 7.87. The van der Waals surface area contributed by atoms with Crippen LogP contribution < -0.4 is 0 Å². The van der Waals surface area contributed by atoms with Gasteiger partial charge in [0.25, 0.3) is 0 Å². The van der Waals surface area contributed by atoms with Gasteiger partial charge in [-0.1, -0.05) is 29.3 Å². The van der Waals surface area contributed by atoms with Crippen molar-refractivity contribution < 1.29 is 9.53 Å². The Labute approximate surface area is 120 Å². The number of aromatic nitrogens is 2. The van der Waals surface area contributed by atoms with E-state index in [-0.39, 0.29) is 5.69 Å². The van der Waals surface area contributed by atoms with Crippen LogP contribution in [0.3, 0.4) is 0 Å². The van der Waals surface area contributed by atoms with Crippen LogP contribution in [0.15, 0.2) is 24.3 Å². The number of nitrogens with zero attached hydrogens (tertiary/aromatic N) is 1. The van der Waals surface area contributed by atoms with E-state index in [1.54, 1.807) is 25.1 Å². The molecule has 0 aliphatic rings. The summed E-state index contributed by atoms with van der Waals surface area (Å²) < 4.78 is 4.87. The predicted octanol–water partition coefficient (Wildman–Crippen LogP) is 3.48. The fourth-order valence-electron chi connectivity index (χ4n) is 1.63. The first-order valence-corrected chi connectivity index (χ1v) is 6.51. The van der Waals surface area contributed by atoms with Crippen molar-refractivity contribution in [2.45, 2.75) is 13.3 Å². The van der Waals surface area contributed by atoms with Gasteiger partial charge in [-0.2, -0.15) is 5.10 Å². The number of esters is 1. The Bertz CT molecular complexity index is 596. The van der Waals surface area contributed by atoms with Crippen LogP contribution in [-0.4, -0.2) is 22.8 Å². The minimum Gasteiger partial charge on any atom is -0.461 e. The van der Waals surface area contributed by atoms with Gasteiger partial charge in [0.1, 0.15) is 0 Å². The van der Waals surface area contributed by atoms with E-state index in [4.69, 9.17) is 27.9 Å². The molecule has 0 saturated carbocycles. The highest BCUT2D eigenvalue weighted by Crippen LogP contribution is 2.23. The summed E-state index contributed by atoms with van der Waals surface area (Å²) in [4.78, 5) is 11.5. The molecule has 6 heteroatoms. The van der Waals surface area contributed by atoms with E-state index in [9.17, 15) is 4.79 Å². The molecule has 1 N–H and O–H groups in total. The molecule has 0 unspecified atom stereocenters. The Hall–Kier alpha value is -1.52. The molecule has 0 aliphatic carbocycles. The lowest BCUT2D eigenvalue weighted by Crippen LogP contribution is -2.04. The maximum Gasteiger partial charge on any atom is 0.358 e. The molecule has 4 nitrogen and oxygen atoms in total. The minimum atomic E-state index is -0.438. The predicted molar refractivity (Wildman–Crippen MR) is 73.8 cm³/mol. The topological polar surface area (TPSA) is 55.0 Å². The van der Waals surface area contributed by atoms with E-state index < -0.39 is 5.97 Å². The molecule has 1 heterocycles. The fourth-order valence-corrected chi connectivity index (χ4v) is 2.11. The number of carbonyl (C=O) groups is 1. The molecule has 0 bridgehead atoms. The van der Waals surface area contributed by atoms with Crippen molar-refractivity contribution >= 4 is 29.2 Å². The molecular weight excluding hydrogens is 287 g/mol. The van der Waals surface area contributed by atoms with E-state index in [0.717, 1.165) is 11.3 Å². The molecule has 2 rings (SSSR count). The van der Waals surface area contributed by atoms with Crippen molar-refractivity contribution in [3.05, 3.63) is 51.3 Å². The molecule has 0 aliphatic heterocycles. The summed E-state index contributed by atoms with van der Waals surface area (Å²) in [7, 11) is 0. The Kier molecular flexibility index (Phi) is 4.45. The summed E-state index contributed by atoms with van der Waals surface area (Å²) in [6.45, 7) is 2.07. The second-order valence-electron chi connectivity index (χ2n) is 3.91. The lowest BCUT2D eigenvalue weighted by atomic mass is 10.1. The largest absolute Gasteiger partial charge is 0.461 e. The third-order valence-corrected chi connectivity index (χ3v) is 3.10. The van der Waals surface area contributed by atoms with Crippen molar-refractivity contribution in [1.82, 2.24) is 10.2 Å². The summed E-state index contributed by atoms with van der Waals surface area (Å²) >= 11 is 11.9. The van der Waals surface area contributed by atoms with Crippen LogP contribution in [0.1, 0.15) is 28.7 Å². The standard InChI is InChI=1S/C13H12Cl2N2O2/c1-2-19-13(18)12-7-10(16-17-12)5-8-3-4-9(14)6-11(8)15/h3-4,6-7H,2,5H2,1H3,(H,16,17). The highest BCUT2D eigenvalue weighted by atomic mass is 35.5. The SMILES string of the molecule is CCOC(=O)c1cc(Cc2ccc(Cl)cc2Cl)[nH]n1. The number of rotatable bonds is 4. The number of carbonyl (C=O) groups excluding carboxylic acids is 1. The molecule has 1 aromatic heterocycles. The normalized spacial score (nSPS) is 10.5. The summed E-state index contributed by atoms with van der Waals surface area (Å²) in [6, 6.07) is 6.95. The van der Waals surface area contributed by atoms with E-state index >= 15 is 0 Å². The zero-order valence-electron chi connectivity index (χ0n) is 10.2. The first kappa shape index (κ1) is 13.9. The second kappa shape index (κ2) is 6.08. The van der Waals surface area contributed by atoms with E-state index in [1.807, 2.05) is 6.07 Å². The van der Waals surface area contributed by atoms with Gasteiger partial charge in [0, 0.05) is 22.2 Å². The molecule has 100 valence electrons. The number of halogens is 2. The Morgan fingerprint density at radius 3 is 2.84 bits per heavy atom. The van der Waals surface area contributed by atoms with Gasteiger partial charge in [0.05, 0.1) is 6.61 Å². The molecule has 0 radical (unpaired) electrons. The van der Waals surface area contributed by atoms with Crippen LogP contribution in [0.2, 0.25) is 10.0 Å². The van der Waals surface area contributed by atoms with Crippen molar-refractivity contribution in [2.75, 3.05) is 6.61 Å². The zero-order valence-corrected chi connectivity index (χ0v) is 11.8. The van der Waals surface area contributed by atoms with Gasteiger partial charge in [-0.25, -0.2) is 4.79 Å². The van der Waals surface area contributed by atoms with Gasteiger partial charge < -0.3 is 4.74 Å². The van der Waals surface area contributed by atoms with Crippen molar-refractivity contribution in [3.63, 3.8) is 0 Å². The highest BCUT2D eigenvalue weighted by molar-refractivity contribution is 6.35. The van der Waals surface area contributed by atoms with Crippen LogP contribution in [0.25, 0.3) is 0 Å². The maximum atomic E-state index is 11.5. The number of H-pyrrole nitrogens is 1. The van der Waals surface area contributed by atoms with Gasteiger partial charge in [-0.15, -0.1) is 0 Å². The average molecular weight is 299 g/mol. The fraction of sp³-hybridized carbons (Fsp3) is 0.231. The first-order valence-electron chi connectivity index (χ1n) is 5.75. The molecule has 0 spiro atoms. The highest BCUT2D eigenvalue weighted by Gasteiger charge is 2.12. The molecule has 19 heavy (non-hydrogen) atoms. The van der Waals surface area contributed by atoms with Gasteiger partial charge in [0.15, 0.2) is 5.69 Å². The van der Waals surface area contributed by atoms with Gasteiger partial charge >= 0.3 is 5.97 Å². The van der Waals surface area contributed by atoms with Crippen LogP contribution >= 0.6 is 23.2 Å². The molecule has 0 fully saturated rings. The van der Waals surface area contributed by atoms with Crippen LogP contribution in [0, 0.1) is 0 Å². The molecule has 0 atom stereocenters. The smallest absolute Gasteiger partial charge is 0.358 e. The lowest BCUT2D eigenvalue weighted by molar-refractivity contribution is 0.0519. The molecule has 0 saturated heterocycles. The van der Waals surface area contributed by atoms with Gasteiger partial charge in [-0.05, 0) is 30.7 Å². The van der Waals surface area contributed by atoms with Crippen molar-refractivity contribution in [3.8, 4) is 0 Å². The Morgan fingerprint density at radius 2 is 2.16 bits per heavy atom.